The summed E-state index contributed by atoms with van der Waals surface area (Å²) in [4.78, 5) is 27.2. The van der Waals surface area contributed by atoms with Crippen LogP contribution in [0.2, 0.25) is 0 Å². The van der Waals surface area contributed by atoms with E-state index >= 15 is 0 Å². The van der Waals surface area contributed by atoms with Crippen LogP contribution in [0, 0.1) is 0 Å². The van der Waals surface area contributed by atoms with Gasteiger partial charge in [-0.15, -0.1) is 0 Å². The van der Waals surface area contributed by atoms with Crippen LogP contribution in [0.3, 0.4) is 0 Å². The van der Waals surface area contributed by atoms with Gasteiger partial charge in [-0.2, -0.15) is 0 Å². The summed E-state index contributed by atoms with van der Waals surface area (Å²) in [7, 11) is 0. The van der Waals surface area contributed by atoms with Crippen molar-refractivity contribution in [2.24, 2.45) is 0 Å². The van der Waals surface area contributed by atoms with Gasteiger partial charge >= 0.3 is 0 Å². The van der Waals surface area contributed by atoms with Crippen molar-refractivity contribution in [1.82, 2.24) is 15.4 Å². The monoisotopic (exact) mass is 363 g/mol. The van der Waals surface area contributed by atoms with E-state index in [0.29, 0.717) is 0 Å². The molecule has 2 N–H and O–H groups in total. The van der Waals surface area contributed by atoms with Gasteiger partial charge in [0.25, 0.3) is 11.8 Å². The van der Waals surface area contributed by atoms with E-state index in [1.54, 1.807) is 0 Å². The van der Waals surface area contributed by atoms with Crippen LogP contribution in [0.1, 0.15) is 85.3 Å². The quantitative estimate of drug-likeness (QED) is 0.810. The molecule has 0 saturated heterocycles. The fraction of sp³-hybridized carbons (Fsp3) is 0.737. The maximum Gasteiger partial charge on any atom is 0.292 e. The van der Waals surface area contributed by atoms with Gasteiger partial charge in [-0.1, -0.05) is 43.7 Å². The Morgan fingerprint density at radius 3 is 2.19 bits per heavy atom. The van der Waals surface area contributed by atoms with Crippen LogP contribution in [0.25, 0.3) is 0 Å². The average Bonchev–Trinajstić information content (AvgIpc) is 3.18. The third-order valence-corrected chi connectivity index (χ3v) is 5.52. The fourth-order valence-electron chi connectivity index (χ4n) is 4.22. The lowest BCUT2D eigenvalue weighted by molar-refractivity contribution is 0.0408. The van der Waals surface area contributed by atoms with Crippen molar-refractivity contribution in [3.8, 4) is 0 Å². The Bertz CT molecular complexity index is 586. The number of aliphatic hydroxyl groups excluding tert-OH is 1. The standard InChI is InChI=1S/C19H29N3O4/c23-12-11-20-18(24)16-13-17(26-21-16)19(25)22(14-7-3-1-4-8-14)15-9-5-2-6-10-15/h13-15,23H,1-12H2,(H,20,24). The molecule has 1 aromatic rings. The number of carbonyl (C=O) groups excluding carboxylic acids is 2. The Morgan fingerprint density at radius 1 is 1.08 bits per heavy atom. The van der Waals surface area contributed by atoms with Crippen molar-refractivity contribution in [3.63, 3.8) is 0 Å². The summed E-state index contributed by atoms with van der Waals surface area (Å²) in [6, 6.07) is 1.94. The number of hydrogen-bond donors (Lipinski definition) is 2. The average molecular weight is 363 g/mol. The molecule has 0 aliphatic heterocycles. The highest BCUT2D eigenvalue weighted by molar-refractivity contribution is 5.97. The second-order valence-corrected chi connectivity index (χ2v) is 7.35. The first-order chi connectivity index (χ1) is 12.7. The van der Waals surface area contributed by atoms with E-state index in [1.807, 2.05) is 4.90 Å². The molecule has 0 unspecified atom stereocenters. The van der Waals surface area contributed by atoms with Crippen molar-refractivity contribution in [3.05, 3.63) is 17.5 Å². The van der Waals surface area contributed by atoms with Crippen LogP contribution in [-0.4, -0.2) is 52.2 Å². The van der Waals surface area contributed by atoms with Gasteiger partial charge in [-0.05, 0) is 25.7 Å². The zero-order valence-electron chi connectivity index (χ0n) is 15.3. The predicted molar refractivity (Wildman–Crippen MR) is 95.8 cm³/mol. The summed E-state index contributed by atoms with van der Waals surface area (Å²) in [5.41, 5.74) is 0.0778. The number of hydrogen-bond acceptors (Lipinski definition) is 5. The zero-order valence-corrected chi connectivity index (χ0v) is 15.3. The van der Waals surface area contributed by atoms with Gasteiger partial charge in [-0.3, -0.25) is 9.59 Å². The van der Waals surface area contributed by atoms with Crippen LogP contribution >= 0.6 is 0 Å². The highest BCUT2D eigenvalue weighted by Crippen LogP contribution is 2.31. The summed E-state index contributed by atoms with van der Waals surface area (Å²) < 4.78 is 5.23. The molecule has 26 heavy (non-hydrogen) atoms. The van der Waals surface area contributed by atoms with Crippen molar-refractivity contribution < 1.29 is 19.2 Å². The number of aliphatic hydroxyl groups is 1. The molecule has 2 aliphatic rings. The summed E-state index contributed by atoms with van der Waals surface area (Å²) in [5, 5.41) is 15.1. The van der Waals surface area contributed by atoms with Gasteiger partial charge in [0.1, 0.15) is 0 Å². The molecule has 144 valence electrons. The van der Waals surface area contributed by atoms with Gasteiger partial charge in [0.05, 0.1) is 6.61 Å². The Kier molecular flexibility index (Phi) is 6.66. The Hall–Kier alpha value is -1.89. The molecular formula is C19H29N3O4. The molecule has 3 rings (SSSR count). The van der Waals surface area contributed by atoms with Crippen LogP contribution in [0.5, 0.6) is 0 Å². The SMILES string of the molecule is O=C(NCCO)c1cc(C(=O)N(C2CCCCC2)C2CCCCC2)on1. The minimum Gasteiger partial charge on any atom is -0.395 e. The summed E-state index contributed by atoms with van der Waals surface area (Å²) >= 11 is 0. The number of rotatable bonds is 6. The maximum atomic E-state index is 13.2. The van der Waals surface area contributed by atoms with Gasteiger partial charge in [-0.25, -0.2) is 0 Å². The Labute approximate surface area is 154 Å². The van der Waals surface area contributed by atoms with Gasteiger partial charge in [0.15, 0.2) is 5.69 Å². The highest BCUT2D eigenvalue weighted by Gasteiger charge is 2.35. The largest absolute Gasteiger partial charge is 0.395 e. The normalized spacial score (nSPS) is 19.3. The van der Waals surface area contributed by atoms with Crippen molar-refractivity contribution >= 4 is 11.8 Å². The van der Waals surface area contributed by atoms with Crippen LogP contribution in [-0.2, 0) is 0 Å². The molecule has 0 atom stereocenters. The molecule has 7 heteroatoms. The topological polar surface area (TPSA) is 95.7 Å². The smallest absolute Gasteiger partial charge is 0.292 e. The van der Waals surface area contributed by atoms with Crippen molar-refractivity contribution in [2.75, 3.05) is 13.2 Å². The lowest BCUT2D eigenvalue weighted by atomic mass is 9.88. The molecule has 0 radical (unpaired) electrons. The van der Waals surface area contributed by atoms with Crippen LogP contribution < -0.4 is 5.32 Å². The van der Waals surface area contributed by atoms with Gasteiger partial charge < -0.3 is 19.8 Å². The van der Waals surface area contributed by atoms with Crippen LogP contribution in [0.15, 0.2) is 10.6 Å². The maximum absolute atomic E-state index is 13.2. The molecule has 2 saturated carbocycles. The summed E-state index contributed by atoms with van der Waals surface area (Å²) in [5.74, 6) is -0.448. The molecule has 7 nitrogen and oxygen atoms in total. The third kappa shape index (κ3) is 4.44. The predicted octanol–water partition coefficient (Wildman–Crippen LogP) is 2.50. The minimum absolute atomic E-state index is 0.0778. The first kappa shape index (κ1) is 18.9. The molecule has 0 bridgehead atoms. The molecule has 1 aromatic heterocycles. The molecular weight excluding hydrogens is 334 g/mol. The molecule has 1 heterocycles. The summed E-state index contributed by atoms with van der Waals surface area (Å²) in [6.07, 6.45) is 11.3. The van der Waals surface area contributed by atoms with Crippen LogP contribution in [0.4, 0.5) is 0 Å². The molecule has 2 amide bonds. The van der Waals surface area contributed by atoms with Crippen molar-refractivity contribution in [1.29, 1.82) is 0 Å². The number of nitrogens with zero attached hydrogens (tertiary/aromatic N) is 2. The lowest BCUT2D eigenvalue weighted by Gasteiger charge is -2.41. The van der Waals surface area contributed by atoms with Gasteiger partial charge in [0.2, 0.25) is 5.76 Å². The summed E-state index contributed by atoms with van der Waals surface area (Å²) in [6.45, 7) is -0.00222. The van der Waals surface area contributed by atoms with E-state index in [2.05, 4.69) is 10.5 Å². The lowest BCUT2D eigenvalue weighted by Crippen LogP contribution is -2.48. The molecule has 2 fully saturated rings. The first-order valence-corrected chi connectivity index (χ1v) is 9.89. The van der Waals surface area contributed by atoms with Gasteiger partial charge in [0, 0.05) is 24.7 Å². The third-order valence-electron chi connectivity index (χ3n) is 5.52. The zero-order chi connectivity index (χ0) is 18.4. The van der Waals surface area contributed by atoms with Crippen molar-refractivity contribution in [2.45, 2.75) is 76.3 Å². The number of amides is 2. The van der Waals surface area contributed by atoms with E-state index < -0.39 is 5.91 Å². The number of nitrogens with one attached hydrogen (secondary N) is 1. The number of carbonyl (C=O) groups is 2. The molecule has 0 aromatic carbocycles. The Balaban J connectivity index is 1.76. The van der Waals surface area contributed by atoms with E-state index in [4.69, 9.17) is 9.63 Å². The fourth-order valence-corrected chi connectivity index (χ4v) is 4.22. The van der Waals surface area contributed by atoms with E-state index in [9.17, 15) is 9.59 Å². The highest BCUT2D eigenvalue weighted by atomic mass is 16.5. The number of aromatic nitrogens is 1. The van der Waals surface area contributed by atoms with E-state index in [-0.39, 0.29) is 42.6 Å². The second-order valence-electron chi connectivity index (χ2n) is 7.35. The minimum atomic E-state index is -0.441. The first-order valence-electron chi connectivity index (χ1n) is 9.89. The Morgan fingerprint density at radius 2 is 1.65 bits per heavy atom. The molecule has 2 aliphatic carbocycles. The van der Waals surface area contributed by atoms with E-state index in [1.165, 1.54) is 18.9 Å². The van der Waals surface area contributed by atoms with E-state index in [0.717, 1.165) is 51.4 Å². The second kappa shape index (κ2) is 9.16. The molecule has 0 spiro atoms.